The van der Waals surface area contributed by atoms with Crippen molar-refractivity contribution >= 4 is 45.8 Å². The topological polar surface area (TPSA) is 6.48 Å². The molecular weight excluding hydrogens is 677 g/mol. The Morgan fingerprint density at radius 1 is 0.304 bits per heavy atom. The van der Waals surface area contributed by atoms with Crippen molar-refractivity contribution in [3.63, 3.8) is 0 Å². The van der Waals surface area contributed by atoms with E-state index in [9.17, 15) is 0 Å². The summed E-state index contributed by atoms with van der Waals surface area (Å²) in [6, 6.07) is 72.4. The molecule has 8 aromatic rings. The predicted octanol–water partition coefficient (Wildman–Crippen LogP) is 15.1. The van der Waals surface area contributed by atoms with Crippen LogP contribution in [0.25, 0.3) is 22.8 Å². The lowest BCUT2D eigenvalue weighted by molar-refractivity contribution is 1.27. The van der Waals surface area contributed by atoms with E-state index in [1.54, 1.807) is 0 Å². The van der Waals surface area contributed by atoms with Crippen LogP contribution < -0.4 is 9.80 Å². The number of benzene rings is 8. The number of hydrogen-bond acceptors (Lipinski definition) is 2. The number of hydrogen-bond donors (Lipinski definition) is 0. The summed E-state index contributed by atoms with van der Waals surface area (Å²) in [6.45, 7) is 8.52. The van der Waals surface area contributed by atoms with Crippen LogP contribution in [-0.2, 0) is 0 Å². The van der Waals surface area contributed by atoms with Crippen molar-refractivity contribution < 1.29 is 0 Å². The average molecular weight is 723 g/mol. The fraction of sp³-hybridized carbons (Fsp3) is 0.0741. The molecule has 0 aliphatic rings. The molecule has 0 saturated carbocycles. The summed E-state index contributed by atoms with van der Waals surface area (Å²) in [5, 5.41) is 0. The lowest BCUT2D eigenvalue weighted by atomic mass is 9.94. The molecule has 0 spiro atoms. The van der Waals surface area contributed by atoms with Gasteiger partial charge in [-0.25, -0.2) is 0 Å². The smallest absolute Gasteiger partial charge is 0.0462 e. The number of nitrogens with zero attached hydrogens (tertiary/aromatic N) is 2. The molecule has 0 bridgehead atoms. The van der Waals surface area contributed by atoms with Gasteiger partial charge in [0.25, 0.3) is 0 Å². The highest BCUT2D eigenvalue weighted by Gasteiger charge is 2.15. The van der Waals surface area contributed by atoms with Crippen molar-refractivity contribution in [2.24, 2.45) is 0 Å². The van der Waals surface area contributed by atoms with Crippen molar-refractivity contribution in [1.82, 2.24) is 0 Å². The average Bonchev–Trinajstić information content (AvgIpc) is 3.24. The Morgan fingerprint density at radius 3 is 0.946 bits per heavy atom. The minimum absolute atomic E-state index is 1.12. The Kier molecular flexibility index (Phi) is 10.5. The molecule has 0 aliphatic carbocycles. The molecule has 0 atom stereocenters. The largest absolute Gasteiger partial charge is 0.311 e. The second-order valence-electron chi connectivity index (χ2n) is 14.7. The van der Waals surface area contributed by atoms with Gasteiger partial charge in [0.05, 0.1) is 0 Å². The van der Waals surface area contributed by atoms with E-state index in [0.717, 1.165) is 39.7 Å². The van der Waals surface area contributed by atoms with Gasteiger partial charge in [0.1, 0.15) is 0 Å². The molecule has 0 heterocycles. The molecule has 0 aliphatic heterocycles. The Balaban J connectivity index is 1.09. The van der Waals surface area contributed by atoms with Crippen LogP contribution in [-0.4, -0.2) is 0 Å². The van der Waals surface area contributed by atoms with E-state index >= 15 is 0 Å². The molecule has 2 nitrogen and oxygen atoms in total. The SMILES string of the molecule is Cc1ccc(N(c2ccc(C)cc2)c2ccc(/C=C(\c3ccccc3)c3ccc(-c4ccc(N(c5ccc(C)cc5)c5ccc(C)cc5)cc4)cc3)cc2)cc1. The molecule has 272 valence electrons. The normalized spacial score (nSPS) is 11.3. The highest BCUT2D eigenvalue weighted by Crippen LogP contribution is 2.38. The van der Waals surface area contributed by atoms with Crippen LogP contribution in [0, 0.1) is 27.7 Å². The van der Waals surface area contributed by atoms with Gasteiger partial charge in [-0.15, -0.1) is 0 Å². The van der Waals surface area contributed by atoms with Crippen molar-refractivity contribution in [3.8, 4) is 11.1 Å². The molecule has 0 N–H and O–H groups in total. The van der Waals surface area contributed by atoms with Gasteiger partial charge >= 0.3 is 0 Å². The van der Waals surface area contributed by atoms with E-state index in [1.165, 1.54) is 50.1 Å². The Morgan fingerprint density at radius 2 is 0.589 bits per heavy atom. The number of rotatable bonds is 10. The minimum atomic E-state index is 1.12. The number of aryl methyl sites for hydroxylation is 4. The third kappa shape index (κ3) is 8.11. The van der Waals surface area contributed by atoms with Gasteiger partial charge in [0.2, 0.25) is 0 Å². The second kappa shape index (κ2) is 16.2. The lowest BCUT2D eigenvalue weighted by Crippen LogP contribution is -2.09. The maximum atomic E-state index is 2.32. The molecule has 8 rings (SSSR count). The second-order valence-corrected chi connectivity index (χ2v) is 14.7. The first-order chi connectivity index (χ1) is 27.4. The first kappa shape index (κ1) is 36.1. The fourth-order valence-corrected chi connectivity index (χ4v) is 7.15. The summed E-state index contributed by atoms with van der Waals surface area (Å²) >= 11 is 0. The van der Waals surface area contributed by atoms with E-state index in [0.29, 0.717) is 0 Å². The van der Waals surface area contributed by atoms with E-state index in [4.69, 9.17) is 0 Å². The summed E-state index contributed by atoms with van der Waals surface area (Å²) in [6.07, 6.45) is 2.30. The maximum absolute atomic E-state index is 2.32. The van der Waals surface area contributed by atoms with Gasteiger partial charge in [-0.1, -0.05) is 150 Å². The summed E-state index contributed by atoms with van der Waals surface area (Å²) in [5.74, 6) is 0. The van der Waals surface area contributed by atoms with E-state index in [-0.39, 0.29) is 0 Å². The van der Waals surface area contributed by atoms with Crippen molar-refractivity contribution in [3.05, 3.63) is 239 Å². The van der Waals surface area contributed by atoms with Crippen LogP contribution in [0.1, 0.15) is 38.9 Å². The van der Waals surface area contributed by atoms with Gasteiger partial charge < -0.3 is 9.80 Å². The minimum Gasteiger partial charge on any atom is -0.311 e. The van der Waals surface area contributed by atoms with Gasteiger partial charge in [-0.05, 0) is 140 Å². The van der Waals surface area contributed by atoms with Crippen LogP contribution in [0.15, 0.2) is 200 Å². The zero-order valence-electron chi connectivity index (χ0n) is 32.5. The van der Waals surface area contributed by atoms with Crippen molar-refractivity contribution in [2.75, 3.05) is 9.80 Å². The Labute approximate surface area is 332 Å². The Hall–Kier alpha value is -6.90. The third-order valence-electron chi connectivity index (χ3n) is 10.4. The van der Waals surface area contributed by atoms with E-state index in [2.05, 4.69) is 244 Å². The zero-order chi connectivity index (χ0) is 38.4. The molecule has 0 radical (unpaired) electrons. The third-order valence-corrected chi connectivity index (χ3v) is 10.4. The lowest BCUT2D eigenvalue weighted by Gasteiger charge is -2.26. The zero-order valence-corrected chi connectivity index (χ0v) is 32.5. The van der Waals surface area contributed by atoms with Crippen LogP contribution in [0.3, 0.4) is 0 Å². The van der Waals surface area contributed by atoms with Crippen molar-refractivity contribution in [2.45, 2.75) is 27.7 Å². The van der Waals surface area contributed by atoms with Gasteiger partial charge in [-0.3, -0.25) is 0 Å². The quantitative estimate of drug-likeness (QED) is 0.130. The summed E-state index contributed by atoms with van der Waals surface area (Å²) in [5.41, 5.74) is 18.8. The maximum Gasteiger partial charge on any atom is 0.0462 e. The molecule has 2 heteroatoms. The van der Waals surface area contributed by atoms with Gasteiger partial charge in [0.15, 0.2) is 0 Å². The highest BCUT2D eigenvalue weighted by molar-refractivity contribution is 5.92. The van der Waals surface area contributed by atoms with Gasteiger partial charge in [-0.2, -0.15) is 0 Å². The molecule has 0 unspecified atom stereocenters. The molecule has 0 amide bonds. The van der Waals surface area contributed by atoms with Crippen LogP contribution in [0.5, 0.6) is 0 Å². The highest BCUT2D eigenvalue weighted by atomic mass is 15.1. The molecule has 0 aromatic heterocycles. The van der Waals surface area contributed by atoms with Crippen molar-refractivity contribution in [1.29, 1.82) is 0 Å². The first-order valence-corrected chi connectivity index (χ1v) is 19.3. The summed E-state index contributed by atoms with van der Waals surface area (Å²) < 4.78 is 0. The van der Waals surface area contributed by atoms with E-state index < -0.39 is 0 Å². The fourth-order valence-electron chi connectivity index (χ4n) is 7.15. The summed E-state index contributed by atoms with van der Waals surface area (Å²) in [4.78, 5) is 4.63. The molecule has 0 saturated heterocycles. The number of anilines is 6. The first-order valence-electron chi connectivity index (χ1n) is 19.3. The van der Waals surface area contributed by atoms with Crippen LogP contribution in [0.2, 0.25) is 0 Å². The molecule has 0 fully saturated rings. The van der Waals surface area contributed by atoms with Gasteiger partial charge in [0, 0.05) is 34.1 Å². The van der Waals surface area contributed by atoms with E-state index in [1.807, 2.05) is 0 Å². The molecular formula is C54H46N2. The van der Waals surface area contributed by atoms with Crippen LogP contribution in [0.4, 0.5) is 34.1 Å². The summed E-state index contributed by atoms with van der Waals surface area (Å²) in [7, 11) is 0. The molecule has 56 heavy (non-hydrogen) atoms. The predicted molar refractivity (Wildman–Crippen MR) is 240 cm³/mol. The van der Waals surface area contributed by atoms with Crippen LogP contribution >= 0.6 is 0 Å². The standard InChI is InChI=1S/C54H46N2/c1-39-10-26-48(27-11-39)55(49-28-12-40(2)13-29-49)52-34-18-43(19-35-52)38-54(46-8-6-5-7-9-46)47-22-20-44(21-23-47)45-24-36-53(37-25-45)56(50-30-14-41(3)15-31-50)51-32-16-42(4)17-33-51/h5-38H,1-4H3/b54-38+. The monoisotopic (exact) mass is 722 g/mol. The Bertz CT molecular complexity index is 2440. The molecule has 8 aromatic carbocycles.